The number of anilines is 1. The third-order valence-electron chi connectivity index (χ3n) is 2.57. The van der Waals surface area contributed by atoms with Gasteiger partial charge in [0.15, 0.2) is 17.5 Å². The molecule has 1 aliphatic heterocycles. The van der Waals surface area contributed by atoms with Crippen LogP contribution in [0.5, 0.6) is 0 Å². The van der Waals surface area contributed by atoms with E-state index in [9.17, 15) is 22.8 Å². The number of carbonyl (C=O) groups excluding carboxylic acids is 2. The van der Waals surface area contributed by atoms with Crippen LogP contribution in [0.25, 0.3) is 0 Å². The van der Waals surface area contributed by atoms with Crippen LogP contribution in [0.4, 0.5) is 18.9 Å². The summed E-state index contributed by atoms with van der Waals surface area (Å²) in [6, 6.07) is 1.74. The van der Waals surface area contributed by atoms with Gasteiger partial charge in [0.1, 0.15) is 5.78 Å². The Hall–Kier alpha value is -1.85. The van der Waals surface area contributed by atoms with Crippen LogP contribution in [0.15, 0.2) is 12.1 Å². The normalized spacial score (nSPS) is 16.5. The molecule has 0 spiro atoms. The third-order valence-corrected chi connectivity index (χ3v) is 2.57. The van der Waals surface area contributed by atoms with Gasteiger partial charge in [-0.05, 0) is 12.1 Å². The lowest BCUT2D eigenvalue weighted by atomic mass is 10.1. The second kappa shape index (κ2) is 4.20. The number of amides is 1. The Morgan fingerprint density at radius 3 is 2.41 bits per heavy atom. The van der Waals surface area contributed by atoms with Crippen molar-refractivity contribution in [2.24, 2.45) is 0 Å². The maximum absolute atomic E-state index is 13.4. The minimum atomic E-state index is -1.62. The monoisotopic (exact) mass is 243 g/mol. The van der Waals surface area contributed by atoms with Crippen molar-refractivity contribution < 1.29 is 22.8 Å². The molecular formula is C11H8F3NO2. The van der Waals surface area contributed by atoms with Crippen LogP contribution in [0.3, 0.4) is 0 Å². The Labute approximate surface area is 94.8 Å². The summed E-state index contributed by atoms with van der Waals surface area (Å²) >= 11 is 0. The molecule has 1 aromatic rings. The van der Waals surface area contributed by atoms with E-state index >= 15 is 0 Å². The molecule has 1 saturated heterocycles. The molecule has 17 heavy (non-hydrogen) atoms. The van der Waals surface area contributed by atoms with Gasteiger partial charge in [-0.2, -0.15) is 0 Å². The summed E-state index contributed by atoms with van der Waals surface area (Å²) in [7, 11) is 0. The van der Waals surface area contributed by atoms with E-state index in [4.69, 9.17) is 0 Å². The molecule has 0 atom stereocenters. The van der Waals surface area contributed by atoms with Crippen LogP contribution in [0.2, 0.25) is 0 Å². The van der Waals surface area contributed by atoms with E-state index in [0.717, 1.165) is 17.0 Å². The Kier molecular flexibility index (Phi) is 2.87. The van der Waals surface area contributed by atoms with Gasteiger partial charge in [0, 0.05) is 13.0 Å². The van der Waals surface area contributed by atoms with Crippen molar-refractivity contribution in [1.29, 1.82) is 0 Å². The molecule has 3 nitrogen and oxygen atoms in total. The van der Waals surface area contributed by atoms with Crippen molar-refractivity contribution in [3.8, 4) is 0 Å². The summed E-state index contributed by atoms with van der Waals surface area (Å²) in [5, 5.41) is 0. The van der Waals surface area contributed by atoms with Gasteiger partial charge in [0.25, 0.3) is 0 Å². The number of halogens is 3. The highest BCUT2D eigenvalue weighted by molar-refractivity contribution is 6.08. The van der Waals surface area contributed by atoms with Gasteiger partial charge in [0.2, 0.25) is 5.91 Å². The standard InChI is InChI=1S/C11H8F3NO2/c12-7-1-2-8(11(14)10(7)13)15-4-3-6(16)5-9(15)17/h1-2H,3-5H2. The van der Waals surface area contributed by atoms with Gasteiger partial charge < -0.3 is 4.90 Å². The zero-order valence-electron chi connectivity index (χ0n) is 8.67. The Morgan fingerprint density at radius 1 is 1.06 bits per heavy atom. The van der Waals surface area contributed by atoms with E-state index < -0.39 is 23.4 Å². The zero-order chi connectivity index (χ0) is 12.6. The smallest absolute Gasteiger partial charge is 0.234 e. The third kappa shape index (κ3) is 2.02. The molecule has 1 aromatic carbocycles. The van der Waals surface area contributed by atoms with Gasteiger partial charge in [-0.15, -0.1) is 0 Å². The molecule has 0 radical (unpaired) electrons. The molecule has 0 aliphatic carbocycles. The maximum atomic E-state index is 13.4. The predicted octanol–water partition coefficient (Wildman–Crippen LogP) is 1.80. The molecule has 0 aromatic heterocycles. The lowest BCUT2D eigenvalue weighted by molar-refractivity contribution is -0.128. The summed E-state index contributed by atoms with van der Waals surface area (Å²) in [4.78, 5) is 23.4. The number of hydrogen-bond acceptors (Lipinski definition) is 2. The van der Waals surface area contributed by atoms with Gasteiger partial charge in [-0.1, -0.05) is 0 Å². The van der Waals surface area contributed by atoms with Crippen LogP contribution in [-0.4, -0.2) is 18.2 Å². The molecular weight excluding hydrogens is 235 g/mol. The number of piperidine rings is 1. The molecule has 2 rings (SSSR count). The van der Waals surface area contributed by atoms with Gasteiger partial charge in [-0.25, -0.2) is 13.2 Å². The molecule has 0 saturated carbocycles. The van der Waals surface area contributed by atoms with Crippen molar-refractivity contribution in [3.63, 3.8) is 0 Å². The summed E-state index contributed by atoms with van der Waals surface area (Å²) < 4.78 is 39.1. The maximum Gasteiger partial charge on any atom is 0.234 e. The van der Waals surface area contributed by atoms with Crippen LogP contribution >= 0.6 is 0 Å². The number of benzene rings is 1. The Morgan fingerprint density at radius 2 is 1.76 bits per heavy atom. The number of rotatable bonds is 1. The molecule has 6 heteroatoms. The van der Waals surface area contributed by atoms with Crippen LogP contribution in [0, 0.1) is 17.5 Å². The molecule has 0 bridgehead atoms. The summed E-state index contributed by atoms with van der Waals surface area (Å²) in [6.45, 7) is -0.0142. The SMILES string of the molecule is O=C1CCN(c2ccc(F)c(F)c2F)C(=O)C1. The van der Waals surface area contributed by atoms with E-state index in [1.54, 1.807) is 0 Å². The minimum absolute atomic E-state index is 0.0142. The van der Waals surface area contributed by atoms with Gasteiger partial charge in [-0.3, -0.25) is 9.59 Å². The van der Waals surface area contributed by atoms with Crippen molar-refractivity contribution in [2.75, 3.05) is 11.4 Å². The largest absolute Gasteiger partial charge is 0.309 e. The van der Waals surface area contributed by atoms with E-state index in [-0.39, 0.29) is 30.9 Å². The van der Waals surface area contributed by atoms with Crippen molar-refractivity contribution >= 4 is 17.4 Å². The van der Waals surface area contributed by atoms with Gasteiger partial charge >= 0.3 is 0 Å². The lowest BCUT2D eigenvalue weighted by Gasteiger charge is -2.26. The van der Waals surface area contributed by atoms with E-state index in [2.05, 4.69) is 0 Å². The van der Waals surface area contributed by atoms with Crippen LogP contribution in [0.1, 0.15) is 12.8 Å². The van der Waals surface area contributed by atoms with Gasteiger partial charge in [0.05, 0.1) is 12.1 Å². The number of ketones is 1. The molecule has 1 amide bonds. The first-order chi connectivity index (χ1) is 8.00. The molecule has 0 N–H and O–H groups in total. The first-order valence-corrected chi connectivity index (χ1v) is 4.96. The lowest BCUT2D eigenvalue weighted by Crippen LogP contribution is -2.39. The molecule has 0 unspecified atom stereocenters. The van der Waals surface area contributed by atoms with Crippen molar-refractivity contribution in [2.45, 2.75) is 12.8 Å². The Balaban J connectivity index is 2.38. The first kappa shape index (κ1) is 11.6. The average Bonchev–Trinajstić information content (AvgIpc) is 2.28. The average molecular weight is 243 g/mol. The highest BCUT2D eigenvalue weighted by atomic mass is 19.2. The minimum Gasteiger partial charge on any atom is -0.309 e. The second-order valence-corrected chi connectivity index (χ2v) is 3.71. The van der Waals surface area contributed by atoms with E-state index in [1.165, 1.54) is 0 Å². The molecule has 1 fully saturated rings. The van der Waals surface area contributed by atoms with E-state index in [1.807, 2.05) is 0 Å². The summed E-state index contributed by atoms with van der Waals surface area (Å²) in [6.07, 6.45) is -0.247. The first-order valence-electron chi connectivity index (χ1n) is 4.96. The number of Topliss-reactive ketones (excluding diaryl/α,β-unsaturated/α-hetero) is 1. The summed E-state index contributed by atoms with van der Waals surface area (Å²) in [5.41, 5.74) is -0.332. The van der Waals surface area contributed by atoms with Crippen LogP contribution < -0.4 is 4.90 Å². The topological polar surface area (TPSA) is 37.4 Å². The Bertz CT molecular complexity index is 502. The van der Waals surface area contributed by atoms with E-state index in [0.29, 0.717) is 0 Å². The van der Waals surface area contributed by atoms with Crippen molar-refractivity contribution in [1.82, 2.24) is 0 Å². The number of nitrogens with zero attached hydrogens (tertiary/aromatic N) is 1. The zero-order valence-corrected chi connectivity index (χ0v) is 8.67. The molecule has 90 valence electrons. The number of hydrogen-bond donors (Lipinski definition) is 0. The fourth-order valence-corrected chi connectivity index (χ4v) is 1.69. The molecule has 1 aliphatic rings. The second-order valence-electron chi connectivity index (χ2n) is 3.71. The molecule has 1 heterocycles. The highest BCUT2D eigenvalue weighted by Gasteiger charge is 2.28. The highest BCUT2D eigenvalue weighted by Crippen LogP contribution is 2.26. The number of carbonyl (C=O) groups is 2. The fraction of sp³-hybridized carbons (Fsp3) is 0.273. The van der Waals surface area contributed by atoms with Crippen LogP contribution in [-0.2, 0) is 9.59 Å². The quantitative estimate of drug-likeness (QED) is 0.557. The summed E-state index contributed by atoms with van der Waals surface area (Å²) in [5.74, 6) is -5.19. The predicted molar refractivity (Wildman–Crippen MR) is 52.9 cm³/mol. The van der Waals surface area contributed by atoms with Crippen molar-refractivity contribution in [3.05, 3.63) is 29.6 Å². The fourth-order valence-electron chi connectivity index (χ4n) is 1.69.